The van der Waals surface area contributed by atoms with Gasteiger partial charge in [0.1, 0.15) is 5.69 Å². The zero-order valence-electron chi connectivity index (χ0n) is 6.19. The van der Waals surface area contributed by atoms with Crippen molar-refractivity contribution >= 4 is 95.6 Å². The maximum atomic E-state index is 3.92. The number of hydrogen-bond donors (Lipinski definition) is 0. The van der Waals surface area contributed by atoms with E-state index in [2.05, 4.69) is 111 Å². The monoisotopic (exact) mass is 577 g/mol. The third kappa shape index (κ3) is 3.73. The van der Waals surface area contributed by atoms with Crippen LogP contribution in [0.2, 0.25) is 0 Å². The molecule has 3 nitrogen and oxygen atoms in total. The molecule has 0 bridgehead atoms. The molecule has 0 aliphatic carbocycles. The molecule has 0 atom stereocenters. The minimum atomic E-state index is -0.626. The fraction of sp³-hybridized carbons (Fsp3) is 0.400. The Morgan fingerprint density at radius 3 is 1.86 bits per heavy atom. The van der Waals surface area contributed by atoms with Crippen LogP contribution in [0.15, 0.2) is 6.20 Å². The first-order valence-corrected chi connectivity index (χ1v) is 7.81. The molecule has 78 valence electrons. The molecule has 1 aromatic rings. The quantitative estimate of drug-likeness (QED) is 0.425. The first-order chi connectivity index (χ1) is 6.23. The lowest BCUT2D eigenvalue weighted by atomic mass is 10.3. The Bertz CT molecular complexity index is 296. The van der Waals surface area contributed by atoms with Crippen LogP contribution < -0.4 is 0 Å². The average molecular weight is 583 g/mol. The summed E-state index contributed by atoms with van der Waals surface area (Å²) in [6, 6.07) is 0. The second-order valence-electron chi connectivity index (χ2n) is 2.19. The van der Waals surface area contributed by atoms with Crippen molar-refractivity contribution in [1.29, 1.82) is 0 Å². The van der Waals surface area contributed by atoms with E-state index >= 15 is 0 Å². The standard InChI is InChI=1S/C5HBr6N3/c6-4(7,8)2-1-12-14-13-3(2)5(9,10)11/h1H. The van der Waals surface area contributed by atoms with Gasteiger partial charge in [-0.3, -0.25) is 0 Å². The van der Waals surface area contributed by atoms with E-state index in [-0.39, 0.29) is 0 Å². The summed E-state index contributed by atoms with van der Waals surface area (Å²) in [6.07, 6.45) is 1.60. The molecule has 0 saturated heterocycles. The van der Waals surface area contributed by atoms with Gasteiger partial charge < -0.3 is 0 Å². The van der Waals surface area contributed by atoms with Gasteiger partial charge in [-0.05, 0) is 5.21 Å². The second-order valence-corrected chi connectivity index (χ2v) is 15.7. The summed E-state index contributed by atoms with van der Waals surface area (Å²) in [4.78, 5) is 0. The first kappa shape index (κ1) is 14.0. The smallest absolute Gasteiger partial charge is 0.138 e. The minimum absolute atomic E-state index is 0.578. The summed E-state index contributed by atoms with van der Waals surface area (Å²) < 4.78 is -1.20. The summed E-state index contributed by atoms with van der Waals surface area (Å²) in [5, 5.41) is 11.2. The third-order valence-electron chi connectivity index (χ3n) is 1.21. The Morgan fingerprint density at radius 2 is 1.50 bits per heavy atom. The van der Waals surface area contributed by atoms with Gasteiger partial charge in [-0.15, -0.1) is 10.2 Å². The number of nitrogens with zero attached hydrogens (tertiary/aromatic N) is 3. The largest absolute Gasteiger partial charge is 0.178 e. The zero-order valence-corrected chi connectivity index (χ0v) is 15.7. The summed E-state index contributed by atoms with van der Waals surface area (Å²) in [6.45, 7) is 0. The SMILES string of the molecule is BrC(Br)(Br)c1cnnnc1C(Br)(Br)Br. The molecule has 1 heterocycles. The number of hydrogen-bond acceptors (Lipinski definition) is 3. The van der Waals surface area contributed by atoms with Crippen LogP contribution in [0.3, 0.4) is 0 Å². The predicted molar refractivity (Wildman–Crippen MR) is 76.7 cm³/mol. The van der Waals surface area contributed by atoms with Crippen molar-refractivity contribution in [3.8, 4) is 0 Å². The molecule has 1 aromatic heterocycles. The van der Waals surface area contributed by atoms with Gasteiger partial charge in [0.15, 0.2) is 4.29 Å². The molecule has 0 spiro atoms. The molecule has 0 fully saturated rings. The van der Waals surface area contributed by atoms with E-state index in [1.165, 1.54) is 0 Å². The van der Waals surface area contributed by atoms with Gasteiger partial charge in [0.25, 0.3) is 0 Å². The highest BCUT2D eigenvalue weighted by Crippen LogP contribution is 2.51. The summed E-state index contributed by atoms with van der Waals surface area (Å²) >= 11 is 20.3. The van der Waals surface area contributed by atoms with Crippen LogP contribution in [0.4, 0.5) is 0 Å². The molecule has 0 amide bonds. The normalized spacial score (nSPS) is 13.0. The number of rotatable bonds is 0. The lowest BCUT2D eigenvalue weighted by Crippen LogP contribution is -2.14. The van der Waals surface area contributed by atoms with Gasteiger partial charge in [-0.2, -0.15) is 0 Å². The maximum absolute atomic E-state index is 3.92. The Kier molecular flexibility index (Phi) is 5.02. The number of alkyl halides is 6. The topological polar surface area (TPSA) is 38.7 Å². The van der Waals surface area contributed by atoms with Crippen molar-refractivity contribution in [2.75, 3.05) is 0 Å². The van der Waals surface area contributed by atoms with Crippen LogP contribution in [-0.4, -0.2) is 15.4 Å². The van der Waals surface area contributed by atoms with Gasteiger partial charge in [-0.1, -0.05) is 95.6 Å². The summed E-state index contributed by atoms with van der Waals surface area (Å²) in [7, 11) is 0. The van der Waals surface area contributed by atoms with Crippen molar-refractivity contribution in [2.24, 2.45) is 0 Å². The van der Waals surface area contributed by atoms with Gasteiger partial charge >= 0.3 is 0 Å². The second kappa shape index (κ2) is 5.03. The summed E-state index contributed by atoms with van der Waals surface area (Å²) in [5.74, 6) is 0. The van der Waals surface area contributed by atoms with Crippen molar-refractivity contribution in [3.63, 3.8) is 0 Å². The Balaban J connectivity index is 3.31. The van der Waals surface area contributed by atoms with Crippen LogP contribution in [-0.2, 0) is 4.29 Å². The van der Waals surface area contributed by atoms with Gasteiger partial charge in [-0.25, -0.2) is 0 Å². The Morgan fingerprint density at radius 1 is 0.929 bits per heavy atom. The molecular formula is C5HBr6N3. The molecule has 0 unspecified atom stereocenters. The number of aromatic nitrogens is 3. The van der Waals surface area contributed by atoms with Crippen LogP contribution >= 0.6 is 95.6 Å². The van der Waals surface area contributed by atoms with Gasteiger partial charge in [0.2, 0.25) is 0 Å². The lowest BCUT2D eigenvalue weighted by Gasteiger charge is -2.19. The van der Waals surface area contributed by atoms with E-state index in [0.29, 0.717) is 5.69 Å². The molecule has 0 aliphatic heterocycles. The molecule has 9 heteroatoms. The summed E-state index contributed by atoms with van der Waals surface area (Å²) in [5.41, 5.74) is 1.44. The zero-order chi connectivity index (χ0) is 11.0. The Hall–Kier alpha value is 1.89. The minimum Gasteiger partial charge on any atom is -0.138 e. The molecule has 0 aliphatic rings. The average Bonchev–Trinajstić information content (AvgIpc) is 2.01. The Labute approximate surface area is 131 Å². The van der Waals surface area contributed by atoms with E-state index in [9.17, 15) is 0 Å². The molecule has 14 heavy (non-hydrogen) atoms. The predicted octanol–water partition coefficient (Wildman–Crippen LogP) is 4.46. The highest BCUT2D eigenvalue weighted by Gasteiger charge is 2.34. The van der Waals surface area contributed by atoms with Crippen molar-refractivity contribution in [1.82, 2.24) is 15.4 Å². The van der Waals surface area contributed by atoms with Crippen molar-refractivity contribution in [3.05, 3.63) is 17.5 Å². The number of halogens is 6. The highest BCUT2D eigenvalue weighted by atomic mass is 80.0. The molecule has 0 radical (unpaired) electrons. The van der Waals surface area contributed by atoms with Crippen LogP contribution in [0.5, 0.6) is 0 Å². The van der Waals surface area contributed by atoms with E-state index < -0.39 is 4.29 Å². The lowest BCUT2D eigenvalue weighted by molar-refractivity contribution is 0.812. The highest BCUT2D eigenvalue weighted by molar-refractivity contribution is 9.39. The maximum Gasteiger partial charge on any atom is 0.178 e. The van der Waals surface area contributed by atoms with Crippen LogP contribution in [0.25, 0.3) is 0 Å². The van der Waals surface area contributed by atoms with Crippen LogP contribution in [0.1, 0.15) is 11.3 Å². The molecule has 0 aromatic carbocycles. The van der Waals surface area contributed by atoms with Gasteiger partial charge in [0, 0.05) is 5.56 Å². The first-order valence-electron chi connectivity index (χ1n) is 3.05. The van der Waals surface area contributed by atoms with E-state index in [1.54, 1.807) is 6.20 Å². The van der Waals surface area contributed by atoms with Gasteiger partial charge in [0.05, 0.1) is 6.20 Å². The molecule has 1 rings (SSSR count). The fourth-order valence-electron chi connectivity index (χ4n) is 0.686. The van der Waals surface area contributed by atoms with Crippen molar-refractivity contribution < 1.29 is 0 Å². The van der Waals surface area contributed by atoms with E-state index in [4.69, 9.17) is 0 Å². The molecule has 0 N–H and O–H groups in total. The van der Waals surface area contributed by atoms with E-state index in [0.717, 1.165) is 5.56 Å². The van der Waals surface area contributed by atoms with E-state index in [1.807, 2.05) is 0 Å². The van der Waals surface area contributed by atoms with Crippen LogP contribution in [0, 0.1) is 0 Å². The molecular weight excluding hydrogens is 582 g/mol. The van der Waals surface area contributed by atoms with Crippen molar-refractivity contribution in [2.45, 2.75) is 4.29 Å². The fourth-order valence-corrected chi connectivity index (χ4v) is 2.44. The molecule has 0 saturated carbocycles. The third-order valence-corrected chi connectivity index (χ3v) is 3.62.